The molecule has 2 nitrogen and oxygen atoms in total. The first-order valence-electron chi connectivity index (χ1n) is 8.52. The van der Waals surface area contributed by atoms with Gasteiger partial charge in [-0.1, -0.05) is 62.4 Å². The number of aliphatic hydroxyl groups is 1. The molecule has 5 heteroatoms. The predicted octanol–water partition coefficient (Wildman–Crippen LogP) is 5.37. The van der Waals surface area contributed by atoms with Crippen molar-refractivity contribution in [2.24, 2.45) is 0 Å². The minimum absolute atomic E-state index is 0.370. The monoisotopic (exact) mass is 361 g/mol. The predicted molar refractivity (Wildman–Crippen MR) is 97.1 cm³/mol. The highest BCUT2D eigenvalue weighted by Gasteiger charge is 2.55. The number of benzene rings is 2. The van der Waals surface area contributed by atoms with Crippen LogP contribution in [0.3, 0.4) is 0 Å². The van der Waals surface area contributed by atoms with E-state index in [4.69, 9.17) is 0 Å². The molecule has 3 aromatic rings. The summed E-state index contributed by atoms with van der Waals surface area (Å²) < 4.78 is 41.5. The minimum Gasteiger partial charge on any atom is -0.380 e. The summed E-state index contributed by atoms with van der Waals surface area (Å²) in [5.41, 5.74) is -1.77. The van der Waals surface area contributed by atoms with Crippen LogP contribution in [0.2, 0.25) is 0 Å². The van der Waals surface area contributed by atoms with Gasteiger partial charge in [0.2, 0.25) is 0 Å². The Labute approximate surface area is 150 Å². The van der Waals surface area contributed by atoms with Crippen LogP contribution in [-0.4, -0.2) is 21.9 Å². The third-order valence-electron chi connectivity index (χ3n) is 4.89. The van der Waals surface area contributed by atoms with Crippen LogP contribution in [0.1, 0.15) is 31.5 Å². The smallest absolute Gasteiger partial charge is 0.380 e. The highest BCUT2D eigenvalue weighted by atomic mass is 19.4. The Balaban J connectivity index is 1.93. The van der Waals surface area contributed by atoms with Crippen molar-refractivity contribution in [1.82, 2.24) is 4.98 Å². The molecule has 0 aliphatic rings. The molecule has 0 aliphatic carbocycles. The van der Waals surface area contributed by atoms with E-state index in [0.29, 0.717) is 5.69 Å². The molecule has 2 N–H and O–H groups in total. The number of hydrogen-bond acceptors (Lipinski definition) is 1. The molecule has 1 atom stereocenters. The molecular formula is C21H22F3NO. The van der Waals surface area contributed by atoms with Crippen LogP contribution in [-0.2, 0) is 11.8 Å². The minimum atomic E-state index is -4.74. The van der Waals surface area contributed by atoms with Gasteiger partial charge in [0, 0.05) is 17.6 Å². The Morgan fingerprint density at radius 1 is 0.923 bits per heavy atom. The standard InChI is InChI=1S/C21H22F3NO/c1-19(2,16-9-4-3-5-10-16)14-20(26,21(22,23)24)13-17-12-15-8-6-7-11-18(15)25-17/h3-12,25-26H,13-14H2,1-2H3. The fraction of sp³-hybridized carbons (Fsp3) is 0.333. The van der Waals surface area contributed by atoms with Crippen molar-refractivity contribution in [2.75, 3.05) is 0 Å². The van der Waals surface area contributed by atoms with E-state index in [1.54, 1.807) is 50.2 Å². The summed E-state index contributed by atoms with van der Waals surface area (Å²) in [7, 11) is 0. The van der Waals surface area contributed by atoms with E-state index in [-0.39, 0.29) is 0 Å². The fourth-order valence-corrected chi connectivity index (χ4v) is 3.53. The Morgan fingerprint density at radius 2 is 1.54 bits per heavy atom. The van der Waals surface area contributed by atoms with Crippen LogP contribution >= 0.6 is 0 Å². The van der Waals surface area contributed by atoms with E-state index in [2.05, 4.69) is 4.98 Å². The van der Waals surface area contributed by atoms with Crippen LogP contribution in [0, 0.1) is 0 Å². The number of para-hydroxylation sites is 1. The summed E-state index contributed by atoms with van der Waals surface area (Å²) in [4.78, 5) is 2.99. The average Bonchev–Trinajstić information content (AvgIpc) is 2.96. The molecule has 0 saturated heterocycles. The second kappa shape index (κ2) is 6.47. The molecule has 1 unspecified atom stereocenters. The van der Waals surface area contributed by atoms with E-state index in [0.717, 1.165) is 16.5 Å². The molecule has 0 amide bonds. The molecule has 3 rings (SSSR count). The topological polar surface area (TPSA) is 36.0 Å². The van der Waals surface area contributed by atoms with Crippen LogP contribution < -0.4 is 0 Å². The van der Waals surface area contributed by atoms with Gasteiger partial charge < -0.3 is 10.1 Å². The van der Waals surface area contributed by atoms with Gasteiger partial charge in [-0.2, -0.15) is 13.2 Å². The van der Waals surface area contributed by atoms with E-state index in [9.17, 15) is 18.3 Å². The highest BCUT2D eigenvalue weighted by molar-refractivity contribution is 5.80. The number of H-pyrrole nitrogens is 1. The highest BCUT2D eigenvalue weighted by Crippen LogP contribution is 2.43. The SMILES string of the molecule is CC(C)(CC(O)(Cc1cc2ccccc2[nH]1)C(F)(F)F)c1ccccc1. The maximum Gasteiger partial charge on any atom is 0.417 e. The number of alkyl halides is 3. The largest absolute Gasteiger partial charge is 0.417 e. The van der Waals surface area contributed by atoms with Gasteiger partial charge in [-0.05, 0) is 34.9 Å². The summed E-state index contributed by atoms with van der Waals surface area (Å²) in [6.07, 6.45) is -5.68. The van der Waals surface area contributed by atoms with Crippen LogP contribution in [0.4, 0.5) is 13.2 Å². The summed E-state index contributed by atoms with van der Waals surface area (Å²) in [6, 6.07) is 17.9. The number of halogens is 3. The van der Waals surface area contributed by atoms with E-state index < -0.39 is 30.0 Å². The second-order valence-electron chi connectivity index (χ2n) is 7.51. The van der Waals surface area contributed by atoms with E-state index in [1.807, 2.05) is 24.3 Å². The Hall–Kier alpha value is -2.27. The van der Waals surface area contributed by atoms with Gasteiger partial charge in [-0.25, -0.2) is 0 Å². The number of nitrogens with one attached hydrogen (secondary N) is 1. The van der Waals surface area contributed by atoms with Crippen molar-refractivity contribution in [1.29, 1.82) is 0 Å². The van der Waals surface area contributed by atoms with Crippen molar-refractivity contribution in [2.45, 2.75) is 43.9 Å². The van der Waals surface area contributed by atoms with Crippen LogP contribution in [0.25, 0.3) is 10.9 Å². The third kappa shape index (κ3) is 3.63. The molecular weight excluding hydrogens is 339 g/mol. The molecule has 0 aliphatic heterocycles. The van der Waals surface area contributed by atoms with Crippen molar-refractivity contribution in [3.8, 4) is 0 Å². The average molecular weight is 361 g/mol. The Morgan fingerprint density at radius 3 is 2.15 bits per heavy atom. The van der Waals surface area contributed by atoms with Gasteiger partial charge in [-0.3, -0.25) is 0 Å². The lowest BCUT2D eigenvalue weighted by molar-refractivity contribution is -0.266. The van der Waals surface area contributed by atoms with E-state index >= 15 is 0 Å². The van der Waals surface area contributed by atoms with Crippen molar-refractivity contribution < 1.29 is 18.3 Å². The quantitative estimate of drug-likeness (QED) is 0.629. The first-order valence-corrected chi connectivity index (χ1v) is 8.52. The molecule has 0 spiro atoms. The van der Waals surface area contributed by atoms with Crippen molar-refractivity contribution in [3.05, 3.63) is 71.9 Å². The molecule has 0 fully saturated rings. The zero-order chi connectivity index (χ0) is 19.0. The number of fused-ring (bicyclic) bond motifs is 1. The molecule has 2 aromatic carbocycles. The molecule has 26 heavy (non-hydrogen) atoms. The number of aromatic amines is 1. The number of rotatable bonds is 5. The van der Waals surface area contributed by atoms with Crippen molar-refractivity contribution in [3.63, 3.8) is 0 Å². The molecule has 0 radical (unpaired) electrons. The van der Waals surface area contributed by atoms with Crippen LogP contribution in [0.15, 0.2) is 60.7 Å². The summed E-state index contributed by atoms with van der Waals surface area (Å²) in [5.74, 6) is 0. The number of aromatic nitrogens is 1. The van der Waals surface area contributed by atoms with Crippen LogP contribution in [0.5, 0.6) is 0 Å². The Bertz CT molecular complexity index is 850. The normalized spacial score (nSPS) is 15.2. The van der Waals surface area contributed by atoms with E-state index in [1.165, 1.54) is 0 Å². The van der Waals surface area contributed by atoms with Gasteiger partial charge in [0.15, 0.2) is 5.60 Å². The lowest BCUT2D eigenvalue weighted by atomic mass is 9.73. The van der Waals surface area contributed by atoms with Crippen molar-refractivity contribution >= 4 is 10.9 Å². The van der Waals surface area contributed by atoms with Gasteiger partial charge in [0.25, 0.3) is 0 Å². The molecule has 1 heterocycles. The lowest BCUT2D eigenvalue weighted by Gasteiger charge is -2.37. The molecule has 0 saturated carbocycles. The maximum absolute atomic E-state index is 13.8. The maximum atomic E-state index is 13.8. The number of hydrogen-bond donors (Lipinski definition) is 2. The summed E-state index contributed by atoms with van der Waals surface area (Å²) >= 11 is 0. The summed E-state index contributed by atoms with van der Waals surface area (Å²) in [6.45, 7) is 3.45. The van der Waals surface area contributed by atoms with Gasteiger partial charge >= 0.3 is 6.18 Å². The van der Waals surface area contributed by atoms with Gasteiger partial charge in [0.1, 0.15) is 0 Å². The zero-order valence-electron chi connectivity index (χ0n) is 14.8. The second-order valence-corrected chi connectivity index (χ2v) is 7.51. The summed E-state index contributed by atoms with van der Waals surface area (Å²) in [5, 5.41) is 11.5. The first-order chi connectivity index (χ1) is 12.1. The fourth-order valence-electron chi connectivity index (χ4n) is 3.53. The lowest BCUT2D eigenvalue weighted by Crippen LogP contribution is -2.50. The van der Waals surface area contributed by atoms with Gasteiger partial charge in [0.05, 0.1) is 0 Å². The molecule has 1 aromatic heterocycles. The zero-order valence-corrected chi connectivity index (χ0v) is 14.8. The van der Waals surface area contributed by atoms with Gasteiger partial charge in [-0.15, -0.1) is 0 Å². The first kappa shape index (κ1) is 18.5. The Kier molecular flexibility index (Phi) is 4.61. The molecule has 138 valence electrons. The third-order valence-corrected chi connectivity index (χ3v) is 4.89. The molecule has 0 bridgehead atoms.